The van der Waals surface area contributed by atoms with Crippen molar-refractivity contribution in [2.45, 2.75) is 13.0 Å². The van der Waals surface area contributed by atoms with Crippen LogP contribution in [0, 0.1) is 0 Å². The minimum atomic E-state index is 0.0185. The predicted octanol–water partition coefficient (Wildman–Crippen LogP) is 1.56. The number of hydrogen-bond acceptors (Lipinski definition) is 4. The minimum absolute atomic E-state index is 0.0185. The normalized spacial score (nSPS) is 14.1. The van der Waals surface area contributed by atoms with Gasteiger partial charge in [-0.1, -0.05) is 0 Å². The van der Waals surface area contributed by atoms with Crippen molar-refractivity contribution < 1.29 is 4.79 Å². The van der Waals surface area contributed by atoms with E-state index in [0.717, 1.165) is 28.7 Å². The van der Waals surface area contributed by atoms with Crippen molar-refractivity contribution in [3.05, 3.63) is 53.6 Å². The number of fused-ring (bicyclic) bond motifs is 2. The second kappa shape index (κ2) is 4.91. The summed E-state index contributed by atoms with van der Waals surface area (Å²) in [6.45, 7) is 1.26. The summed E-state index contributed by atoms with van der Waals surface area (Å²) in [6.07, 6.45) is 5.87. The van der Waals surface area contributed by atoms with E-state index < -0.39 is 0 Å². The molecule has 3 aromatic rings. The summed E-state index contributed by atoms with van der Waals surface area (Å²) < 4.78 is 1.64. The molecule has 0 bridgehead atoms. The maximum Gasteiger partial charge on any atom is 0.257 e. The Kier molecular flexibility index (Phi) is 2.89. The molecule has 0 spiro atoms. The number of hydrogen-bond donors (Lipinski definition) is 0. The van der Waals surface area contributed by atoms with Crippen LogP contribution in [0.3, 0.4) is 0 Å². The molecule has 4 heterocycles. The van der Waals surface area contributed by atoms with Gasteiger partial charge in [0.2, 0.25) is 0 Å². The fourth-order valence-corrected chi connectivity index (χ4v) is 2.85. The van der Waals surface area contributed by atoms with Crippen LogP contribution in [-0.2, 0) is 20.0 Å². The molecule has 6 heteroatoms. The molecule has 0 atom stereocenters. The summed E-state index contributed by atoms with van der Waals surface area (Å²) >= 11 is 0. The summed E-state index contributed by atoms with van der Waals surface area (Å²) in [4.78, 5) is 23.3. The Morgan fingerprint density at radius 1 is 1.36 bits per heavy atom. The Hall–Kier alpha value is -2.76. The van der Waals surface area contributed by atoms with Gasteiger partial charge in [-0.3, -0.25) is 9.48 Å². The Balaban J connectivity index is 1.66. The van der Waals surface area contributed by atoms with E-state index in [-0.39, 0.29) is 5.91 Å². The third-order valence-corrected chi connectivity index (χ3v) is 3.98. The average Bonchev–Trinajstić information content (AvgIpc) is 2.98. The first-order valence-electron chi connectivity index (χ1n) is 7.22. The van der Waals surface area contributed by atoms with Crippen LogP contribution in [0.1, 0.15) is 21.6 Å². The van der Waals surface area contributed by atoms with Crippen LogP contribution < -0.4 is 0 Å². The fraction of sp³-hybridized carbons (Fsp3) is 0.250. The smallest absolute Gasteiger partial charge is 0.257 e. The molecular weight excluding hydrogens is 278 g/mol. The lowest BCUT2D eigenvalue weighted by atomic mass is 10.0. The Morgan fingerprint density at radius 3 is 3.09 bits per heavy atom. The summed E-state index contributed by atoms with van der Waals surface area (Å²) in [5, 5.41) is 5.08. The summed E-state index contributed by atoms with van der Waals surface area (Å²) in [7, 11) is 1.81. The second-order valence-corrected chi connectivity index (χ2v) is 5.52. The molecule has 1 aliphatic rings. The molecule has 6 nitrogen and oxygen atoms in total. The highest BCUT2D eigenvalue weighted by molar-refractivity contribution is 5.94. The first-order valence-corrected chi connectivity index (χ1v) is 7.22. The Morgan fingerprint density at radius 2 is 2.27 bits per heavy atom. The summed E-state index contributed by atoms with van der Waals surface area (Å²) in [5.74, 6) is 0.0185. The largest absolute Gasteiger partial charge is 0.334 e. The molecule has 0 saturated heterocycles. The first-order chi connectivity index (χ1) is 10.7. The maximum atomic E-state index is 12.5. The van der Waals surface area contributed by atoms with E-state index in [1.54, 1.807) is 23.3 Å². The van der Waals surface area contributed by atoms with Gasteiger partial charge in [0.25, 0.3) is 5.91 Å². The number of amides is 1. The first kappa shape index (κ1) is 12.9. The van der Waals surface area contributed by atoms with Gasteiger partial charge in [0.05, 0.1) is 11.8 Å². The van der Waals surface area contributed by atoms with Gasteiger partial charge in [0, 0.05) is 50.0 Å². The Bertz CT molecular complexity index is 870. The van der Waals surface area contributed by atoms with Gasteiger partial charge in [-0.2, -0.15) is 5.10 Å². The number of carbonyl (C=O) groups is 1. The molecule has 22 heavy (non-hydrogen) atoms. The molecule has 0 N–H and O–H groups in total. The van der Waals surface area contributed by atoms with Gasteiger partial charge < -0.3 is 4.90 Å². The number of nitrogens with zero attached hydrogens (tertiary/aromatic N) is 5. The van der Waals surface area contributed by atoms with Gasteiger partial charge in [0.15, 0.2) is 5.65 Å². The van der Waals surface area contributed by atoms with Crippen molar-refractivity contribution in [1.82, 2.24) is 24.6 Å². The van der Waals surface area contributed by atoms with Crippen molar-refractivity contribution in [1.29, 1.82) is 0 Å². The molecule has 0 fully saturated rings. The van der Waals surface area contributed by atoms with E-state index in [1.807, 2.05) is 24.1 Å². The zero-order valence-electron chi connectivity index (χ0n) is 12.2. The van der Waals surface area contributed by atoms with E-state index in [0.29, 0.717) is 18.7 Å². The molecule has 0 unspecified atom stereocenters. The molecule has 110 valence electrons. The third kappa shape index (κ3) is 2.13. The molecule has 0 saturated carbocycles. The van der Waals surface area contributed by atoms with Crippen LogP contribution in [0.2, 0.25) is 0 Å². The van der Waals surface area contributed by atoms with Crippen molar-refractivity contribution in [3.63, 3.8) is 0 Å². The molecule has 0 aliphatic carbocycles. The summed E-state index contributed by atoms with van der Waals surface area (Å²) in [6, 6.07) is 5.99. The lowest BCUT2D eigenvalue weighted by Gasteiger charge is -2.28. The highest BCUT2D eigenvalue weighted by atomic mass is 16.2. The van der Waals surface area contributed by atoms with Crippen LogP contribution in [0.5, 0.6) is 0 Å². The van der Waals surface area contributed by atoms with Gasteiger partial charge in [-0.25, -0.2) is 9.97 Å². The van der Waals surface area contributed by atoms with Gasteiger partial charge >= 0.3 is 0 Å². The molecular formula is C16H15N5O. The van der Waals surface area contributed by atoms with Crippen molar-refractivity contribution in [2.24, 2.45) is 7.05 Å². The lowest BCUT2D eigenvalue weighted by molar-refractivity contribution is 0.0733. The quantitative estimate of drug-likeness (QED) is 0.683. The van der Waals surface area contributed by atoms with Crippen LogP contribution >= 0.6 is 0 Å². The summed E-state index contributed by atoms with van der Waals surface area (Å²) in [5.41, 5.74) is 3.54. The van der Waals surface area contributed by atoms with E-state index in [2.05, 4.69) is 21.1 Å². The predicted molar refractivity (Wildman–Crippen MR) is 81.2 cm³/mol. The highest BCUT2D eigenvalue weighted by Crippen LogP contribution is 2.22. The third-order valence-electron chi connectivity index (χ3n) is 3.98. The van der Waals surface area contributed by atoms with Crippen molar-refractivity contribution in [3.8, 4) is 0 Å². The zero-order valence-corrected chi connectivity index (χ0v) is 12.2. The van der Waals surface area contributed by atoms with Crippen LogP contribution in [-0.4, -0.2) is 37.1 Å². The van der Waals surface area contributed by atoms with E-state index in [1.165, 1.54) is 0 Å². The van der Waals surface area contributed by atoms with Crippen LogP contribution in [0.25, 0.3) is 11.0 Å². The van der Waals surface area contributed by atoms with Crippen molar-refractivity contribution >= 4 is 16.9 Å². The number of aromatic nitrogens is 4. The minimum Gasteiger partial charge on any atom is -0.334 e. The fourth-order valence-electron chi connectivity index (χ4n) is 2.85. The van der Waals surface area contributed by atoms with Gasteiger partial charge in [-0.05, 0) is 23.8 Å². The average molecular weight is 293 g/mol. The monoisotopic (exact) mass is 293 g/mol. The molecule has 3 aromatic heterocycles. The highest BCUT2D eigenvalue weighted by Gasteiger charge is 2.23. The molecule has 0 aromatic carbocycles. The molecule has 1 aliphatic heterocycles. The zero-order chi connectivity index (χ0) is 15.1. The standard InChI is InChI=1S/C16H15N5O/c1-20-9-13(8-18-20)16(22)21-6-4-14-12(10-21)7-11-3-2-5-17-15(11)19-14/h2-3,5,7-9H,4,6,10H2,1H3. The van der Waals surface area contributed by atoms with E-state index in [9.17, 15) is 4.79 Å². The molecule has 1 amide bonds. The number of pyridine rings is 2. The number of aryl methyl sites for hydroxylation is 1. The van der Waals surface area contributed by atoms with Crippen LogP contribution in [0.4, 0.5) is 0 Å². The molecule has 0 radical (unpaired) electrons. The lowest BCUT2D eigenvalue weighted by Crippen LogP contribution is -2.36. The van der Waals surface area contributed by atoms with E-state index in [4.69, 9.17) is 0 Å². The van der Waals surface area contributed by atoms with Gasteiger partial charge in [0.1, 0.15) is 0 Å². The van der Waals surface area contributed by atoms with E-state index >= 15 is 0 Å². The SMILES string of the molecule is Cn1cc(C(=O)N2CCc3nc4ncccc4cc3C2)cn1. The molecule has 4 rings (SSSR count). The van der Waals surface area contributed by atoms with Gasteiger partial charge in [-0.15, -0.1) is 0 Å². The number of rotatable bonds is 1. The van der Waals surface area contributed by atoms with Crippen LogP contribution in [0.15, 0.2) is 36.8 Å². The second-order valence-electron chi connectivity index (χ2n) is 5.52. The number of carbonyl (C=O) groups excluding carboxylic acids is 1. The Labute approximate surface area is 127 Å². The maximum absolute atomic E-state index is 12.5. The topological polar surface area (TPSA) is 63.9 Å². The van der Waals surface area contributed by atoms with Crippen molar-refractivity contribution in [2.75, 3.05) is 6.54 Å².